The van der Waals surface area contributed by atoms with Crippen LogP contribution < -0.4 is 9.64 Å². The van der Waals surface area contributed by atoms with Crippen molar-refractivity contribution in [3.05, 3.63) is 41.0 Å². The summed E-state index contributed by atoms with van der Waals surface area (Å²) in [6.07, 6.45) is 4.37. The van der Waals surface area contributed by atoms with Gasteiger partial charge in [-0.15, -0.1) is 0 Å². The van der Waals surface area contributed by atoms with Crippen molar-refractivity contribution in [2.24, 2.45) is 11.8 Å². The third-order valence-electron chi connectivity index (χ3n) is 3.27. The van der Waals surface area contributed by atoms with E-state index in [-0.39, 0.29) is 17.4 Å². The SMILES string of the molecule is CC(C)CN(CC(C)C)c1ncnc(Oc2cccnc2)c1[N+](=O)[O-]. The Kier molecular flexibility index (Phi) is 6.21. The van der Waals surface area contributed by atoms with Crippen LogP contribution in [0.3, 0.4) is 0 Å². The molecule has 0 saturated carbocycles. The second kappa shape index (κ2) is 8.36. The fourth-order valence-corrected chi connectivity index (χ4v) is 2.47. The smallest absolute Gasteiger partial charge is 0.373 e. The number of nitro groups is 1. The van der Waals surface area contributed by atoms with E-state index in [9.17, 15) is 10.1 Å². The summed E-state index contributed by atoms with van der Waals surface area (Å²) in [7, 11) is 0. The van der Waals surface area contributed by atoms with Gasteiger partial charge in [0.2, 0.25) is 5.82 Å². The topological polar surface area (TPSA) is 94.3 Å². The average molecular weight is 345 g/mol. The van der Waals surface area contributed by atoms with Gasteiger partial charge < -0.3 is 9.64 Å². The summed E-state index contributed by atoms with van der Waals surface area (Å²) in [5, 5.41) is 11.7. The predicted octanol–water partition coefficient (Wildman–Crippen LogP) is 3.69. The first-order valence-electron chi connectivity index (χ1n) is 8.20. The molecule has 0 radical (unpaired) electrons. The van der Waals surface area contributed by atoms with E-state index in [2.05, 4.69) is 42.6 Å². The molecule has 0 aliphatic rings. The number of ether oxygens (including phenoxy) is 1. The van der Waals surface area contributed by atoms with Gasteiger partial charge in [0.25, 0.3) is 0 Å². The summed E-state index contributed by atoms with van der Waals surface area (Å²) in [5.41, 5.74) is -0.229. The van der Waals surface area contributed by atoms with E-state index in [0.29, 0.717) is 30.7 Å². The van der Waals surface area contributed by atoms with Crippen LogP contribution in [0.2, 0.25) is 0 Å². The summed E-state index contributed by atoms with van der Waals surface area (Å²) in [6, 6.07) is 3.35. The highest BCUT2D eigenvalue weighted by Crippen LogP contribution is 2.36. The van der Waals surface area contributed by atoms with Crippen molar-refractivity contribution in [2.45, 2.75) is 27.7 Å². The molecule has 8 nitrogen and oxygen atoms in total. The van der Waals surface area contributed by atoms with Gasteiger partial charge in [-0.25, -0.2) is 4.98 Å². The summed E-state index contributed by atoms with van der Waals surface area (Å²) < 4.78 is 5.59. The van der Waals surface area contributed by atoms with Crippen LogP contribution in [0.1, 0.15) is 27.7 Å². The van der Waals surface area contributed by atoms with Crippen LogP contribution in [0, 0.1) is 22.0 Å². The van der Waals surface area contributed by atoms with Crippen molar-refractivity contribution in [3.8, 4) is 11.6 Å². The normalized spacial score (nSPS) is 11.0. The van der Waals surface area contributed by atoms with Crippen molar-refractivity contribution in [3.63, 3.8) is 0 Å². The van der Waals surface area contributed by atoms with Crippen molar-refractivity contribution in [1.82, 2.24) is 15.0 Å². The van der Waals surface area contributed by atoms with E-state index in [0.717, 1.165) is 0 Å². The number of anilines is 1. The summed E-state index contributed by atoms with van der Waals surface area (Å²) in [4.78, 5) is 25.2. The van der Waals surface area contributed by atoms with Crippen LogP contribution in [0.25, 0.3) is 0 Å². The lowest BCUT2D eigenvalue weighted by Crippen LogP contribution is -2.32. The zero-order valence-electron chi connectivity index (χ0n) is 14.9. The Morgan fingerprint density at radius 2 is 1.88 bits per heavy atom. The Hall–Kier alpha value is -2.77. The van der Waals surface area contributed by atoms with Gasteiger partial charge in [-0.3, -0.25) is 15.1 Å². The Morgan fingerprint density at radius 1 is 1.20 bits per heavy atom. The highest BCUT2D eigenvalue weighted by molar-refractivity contribution is 5.63. The Labute approximate surface area is 147 Å². The summed E-state index contributed by atoms with van der Waals surface area (Å²) in [5.74, 6) is 1.24. The quantitative estimate of drug-likeness (QED) is 0.532. The zero-order valence-corrected chi connectivity index (χ0v) is 14.9. The van der Waals surface area contributed by atoms with E-state index >= 15 is 0 Å². The van der Waals surface area contributed by atoms with Crippen LogP contribution >= 0.6 is 0 Å². The average Bonchev–Trinajstić information content (AvgIpc) is 2.54. The minimum absolute atomic E-state index is 0.0829. The third-order valence-corrected chi connectivity index (χ3v) is 3.27. The number of hydrogen-bond donors (Lipinski definition) is 0. The molecule has 2 heterocycles. The predicted molar refractivity (Wildman–Crippen MR) is 94.9 cm³/mol. The maximum atomic E-state index is 11.7. The molecule has 0 atom stereocenters. The molecule has 0 aliphatic carbocycles. The molecule has 0 spiro atoms. The van der Waals surface area contributed by atoms with Gasteiger partial charge in [0.05, 0.1) is 11.1 Å². The van der Waals surface area contributed by atoms with Gasteiger partial charge in [0.15, 0.2) is 0 Å². The Bertz CT molecular complexity index is 697. The standard InChI is InChI=1S/C17H23N5O3/c1-12(2)9-21(10-13(3)4)16-15(22(23)24)17(20-11-19-16)25-14-6-5-7-18-8-14/h5-8,11-13H,9-10H2,1-4H3. The number of pyridine rings is 1. The fourth-order valence-electron chi connectivity index (χ4n) is 2.47. The molecule has 0 N–H and O–H groups in total. The summed E-state index contributed by atoms with van der Waals surface area (Å²) >= 11 is 0. The number of nitrogens with zero attached hydrogens (tertiary/aromatic N) is 5. The van der Waals surface area contributed by atoms with Crippen LogP contribution in [0.15, 0.2) is 30.9 Å². The monoisotopic (exact) mass is 345 g/mol. The molecule has 0 aliphatic heterocycles. The highest BCUT2D eigenvalue weighted by atomic mass is 16.6. The largest absolute Gasteiger partial charge is 0.432 e. The first-order valence-corrected chi connectivity index (χ1v) is 8.20. The zero-order chi connectivity index (χ0) is 18.4. The van der Waals surface area contributed by atoms with E-state index in [4.69, 9.17) is 4.74 Å². The van der Waals surface area contributed by atoms with E-state index in [1.165, 1.54) is 12.5 Å². The molecular formula is C17H23N5O3. The van der Waals surface area contributed by atoms with E-state index < -0.39 is 4.92 Å². The molecular weight excluding hydrogens is 322 g/mol. The van der Waals surface area contributed by atoms with Gasteiger partial charge >= 0.3 is 11.6 Å². The molecule has 8 heteroatoms. The van der Waals surface area contributed by atoms with Gasteiger partial charge in [0.1, 0.15) is 12.1 Å². The molecule has 2 rings (SSSR count). The van der Waals surface area contributed by atoms with Crippen LogP contribution in [0.4, 0.5) is 11.5 Å². The van der Waals surface area contributed by atoms with Gasteiger partial charge in [-0.05, 0) is 24.0 Å². The minimum atomic E-state index is -0.491. The van der Waals surface area contributed by atoms with Gasteiger partial charge in [0, 0.05) is 19.3 Å². The lowest BCUT2D eigenvalue weighted by atomic mass is 10.1. The number of hydrogen-bond acceptors (Lipinski definition) is 7. The van der Waals surface area contributed by atoms with Crippen LogP contribution in [-0.4, -0.2) is 33.0 Å². The fraction of sp³-hybridized carbons (Fsp3) is 0.471. The molecule has 0 amide bonds. The van der Waals surface area contributed by atoms with Gasteiger partial charge in [-0.1, -0.05) is 27.7 Å². The van der Waals surface area contributed by atoms with E-state index in [1.54, 1.807) is 18.3 Å². The van der Waals surface area contributed by atoms with Crippen molar-refractivity contribution in [2.75, 3.05) is 18.0 Å². The lowest BCUT2D eigenvalue weighted by molar-refractivity contribution is -0.385. The first kappa shape index (κ1) is 18.6. The van der Waals surface area contributed by atoms with Crippen molar-refractivity contribution < 1.29 is 9.66 Å². The maximum Gasteiger partial charge on any atom is 0.373 e. The molecule has 2 aromatic rings. The second-order valence-corrected chi connectivity index (χ2v) is 6.59. The molecule has 25 heavy (non-hydrogen) atoms. The van der Waals surface area contributed by atoms with E-state index in [1.807, 2.05) is 4.90 Å². The number of rotatable bonds is 8. The molecule has 0 saturated heterocycles. The maximum absolute atomic E-state index is 11.7. The number of aromatic nitrogens is 3. The van der Waals surface area contributed by atoms with Crippen molar-refractivity contribution in [1.29, 1.82) is 0 Å². The molecule has 0 aromatic carbocycles. The van der Waals surface area contributed by atoms with Crippen LogP contribution in [-0.2, 0) is 0 Å². The Morgan fingerprint density at radius 3 is 2.40 bits per heavy atom. The molecule has 0 fully saturated rings. The minimum Gasteiger partial charge on any atom is -0.432 e. The molecule has 2 aromatic heterocycles. The molecule has 134 valence electrons. The van der Waals surface area contributed by atoms with Gasteiger partial charge in [-0.2, -0.15) is 4.98 Å². The van der Waals surface area contributed by atoms with Crippen molar-refractivity contribution >= 4 is 11.5 Å². The summed E-state index contributed by atoms with van der Waals surface area (Å²) in [6.45, 7) is 9.56. The highest BCUT2D eigenvalue weighted by Gasteiger charge is 2.29. The molecule has 0 bridgehead atoms. The third kappa shape index (κ3) is 5.10. The second-order valence-electron chi connectivity index (χ2n) is 6.59. The Balaban J connectivity index is 2.45. The molecule has 0 unspecified atom stereocenters. The lowest BCUT2D eigenvalue weighted by Gasteiger charge is -2.27. The first-order chi connectivity index (χ1) is 11.9. The van der Waals surface area contributed by atoms with Crippen LogP contribution in [0.5, 0.6) is 11.6 Å².